The second kappa shape index (κ2) is 8.66. The van der Waals surface area contributed by atoms with E-state index in [9.17, 15) is 9.59 Å². The van der Waals surface area contributed by atoms with Crippen molar-refractivity contribution in [3.8, 4) is 17.2 Å². The summed E-state index contributed by atoms with van der Waals surface area (Å²) in [7, 11) is 4.51. The molecule has 27 heavy (non-hydrogen) atoms. The highest BCUT2D eigenvalue weighted by molar-refractivity contribution is 5.95. The molecule has 0 spiro atoms. The molecule has 0 saturated carbocycles. The lowest BCUT2D eigenvalue weighted by Gasteiger charge is -2.31. The van der Waals surface area contributed by atoms with Crippen molar-refractivity contribution >= 4 is 12.0 Å². The Morgan fingerprint density at radius 1 is 1.11 bits per heavy atom. The summed E-state index contributed by atoms with van der Waals surface area (Å²) in [5, 5.41) is 5.51. The number of rotatable bonds is 7. The molecule has 2 N–H and O–H groups in total. The van der Waals surface area contributed by atoms with Crippen LogP contribution in [-0.4, -0.2) is 39.9 Å². The van der Waals surface area contributed by atoms with Crippen LogP contribution in [-0.2, 0) is 9.53 Å². The van der Waals surface area contributed by atoms with Crippen LogP contribution in [0.3, 0.4) is 0 Å². The summed E-state index contributed by atoms with van der Waals surface area (Å²) in [5.41, 5.74) is 1.48. The van der Waals surface area contributed by atoms with Crippen LogP contribution in [0.15, 0.2) is 23.4 Å². The van der Waals surface area contributed by atoms with Gasteiger partial charge in [-0.05, 0) is 30.5 Å². The molecule has 1 unspecified atom stereocenters. The average Bonchev–Trinajstić information content (AvgIpc) is 2.65. The van der Waals surface area contributed by atoms with Gasteiger partial charge in [-0.15, -0.1) is 0 Å². The Bertz CT molecular complexity index is 732. The van der Waals surface area contributed by atoms with Gasteiger partial charge in [-0.3, -0.25) is 0 Å². The maximum atomic E-state index is 12.7. The summed E-state index contributed by atoms with van der Waals surface area (Å²) in [6, 6.07) is 2.29. The molecule has 8 heteroatoms. The fourth-order valence-electron chi connectivity index (χ4n) is 2.99. The molecule has 1 aromatic carbocycles. The lowest BCUT2D eigenvalue weighted by atomic mass is 9.91. The highest BCUT2D eigenvalue weighted by Crippen LogP contribution is 2.42. The number of amides is 2. The normalized spacial score (nSPS) is 16.6. The van der Waals surface area contributed by atoms with Gasteiger partial charge >= 0.3 is 12.0 Å². The Morgan fingerprint density at radius 2 is 1.70 bits per heavy atom. The van der Waals surface area contributed by atoms with Gasteiger partial charge in [-0.25, -0.2) is 9.59 Å². The molecule has 8 nitrogen and oxygen atoms in total. The van der Waals surface area contributed by atoms with Crippen molar-refractivity contribution in [3.63, 3.8) is 0 Å². The molecule has 0 aliphatic carbocycles. The van der Waals surface area contributed by atoms with Crippen LogP contribution in [0.4, 0.5) is 4.79 Å². The first-order valence-corrected chi connectivity index (χ1v) is 8.66. The second-order valence-corrected chi connectivity index (χ2v) is 6.19. The van der Waals surface area contributed by atoms with Crippen LogP contribution in [0.5, 0.6) is 17.2 Å². The maximum Gasteiger partial charge on any atom is 0.338 e. The van der Waals surface area contributed by atoms with Crippen molar-refractivity contribution in [1.29, 1.82) is 0 Å². The predicted molar refractivity (Wildman–Crippen MR) is 99.0 cm³/mol. The van der Waals surface area contributed by atoms with E-state index in [2.05, 4.69) is 10.6 Å². The average molecular weight is 378 g/mol. The van der Waals surface area contributed by atoms with E-state index in [0.29, 0.717) is 34.1 Å². The van der Waals surface area contributed by atoms with Gasteiger partial charge in [0.05, 0.1) is 39.6 Å². The minimum atomic E-state index is -0.719. The van der Waals surface area contributed by atoms with Crippen LogP contribution in [0.25, 0.3) is 0 Å². The Hall–Kier alpha value is -2.90. The quantitative estimate of drug-likeness (QED) is 0.708. The first-order valence-electron chi connectivity index (χ1n) is 8.66. The molecular weight excluding hydrogens is 352 g/mol. The molecule has 1 aliphatic heterocycles. The Labute approximate surface area is 158 Å². The molecule has 0 radical (unpaired) electrons. The number of ether oxygens (including phenoxy) is 4. The fourth-order valence-corrected chi connectivity index (χ4v) is 2.99. The van der Waals surface area contributed by atoms with E-state index in [-0.39, 0.29) is 12.5 Å². The molecule has 2 rings (SSSR count). The number of methoxy groups -OCH3 is 3. The zero-order chi connectivity index (χ0) is 20.1. The second-order valence-electron chi connectivity index (χ2n) is 6.19. The highest BCUT2D eigenvalue weighted by Gasteiger charge is 2.35. The smallest absolute Gasteiger partial charge is 0.338 e. The third-order valence-electron chi connectivity index (χ3n) is 4.20. The van der Waals surface area contributed by atoms with E-state index in [0.717, 1.165) is 0 Å². The summed E-state index contributed by atoms with van der Waals surface area (Å²) in [5.74, 6) is 0.699. The van der Waals surface area contributed by atoms with Crippen molar-refractivity contribution in [3.05, 3.63) is 29.0 Å². The zero-order valence-corrected chi connectivity index (χ0v) is 16.5. The van der Waals surface area contributed by atoms with E-state index in [1.165, 1.54) is 21.3 Å². The maximum absolute atomic E-state index is 12.7. The van der Waals surface area contributed by atoms with Crippen molar-refractivity contribution in [2.45, 2.75) is 26.8 Å². The third kappa shape index (κ3) is 4.10. The van der Waals surface area contributed by atoms with Crippen molar-refractivity contribution in [1.82, 2.24) is 10.6 Å². The molecule has 0 aromatic heterocycles. The number of hydrogen-bond acceptors (Lipinski definition) is 6. The van der Waals surface area contributed by atoms with Gasteiger partial charge in [0.1, 0.15) is 0 Å². The summed E-state index contributed by atoms with van der Waals surface area (Å²) < 4.78 is 21.4. The Morgan fingerprint density at radius 3 is 2.15 bits per heavy atom. The van der Waals surface area contributed by atoms with Gasteiger partial charge in [0.25, 0.3) is 0 Å². The van der Waals surface area contributed by atoms with Crippen molar-refractivity contribution in [2.75, 3.05) is 27.9 Å². The van der Waals surface area contributed by atoms with Gasteiger partial charge < -0.3 is 29.6 Å². The monoisotopic (exact) mass is 378 g/mol. The van der Waals surface area contributed by atoms with E-state index >= 15 is 0 Å². The van der Waals surface area contributed by atoms with Crippen LogP contribution in [0, 0.1) is 5.92 Å². The number of carbonyl (C=O) groups excluding carboxylic acids is 2. The lowest BCUT2D eigenvalue weighted by molar-refractivity contribution is -0.139. The zero-order valence-electron chi connectivity index (χ0n) is 16.5. The van der Waals surface area contributed by atoms with Crippen molar-refractivity contribution < 1.29 is 28.5 Å². The van der Waals surface area contributed by atoms with Gasteiger partial charge in [-0.1, -0.05) is 13.8 Å². The van der Waals surface area contributed by atoms with Crippen LogP contribution < -0.4 is 24.8 Å². The van der Waals surface area contributed by atoms with E-state index in [4.69, 9.17) is 18.9 Å². The van der Waals surface area contributed by atoms with Crippen molar-refractivity contribution in [2.24, 2.45) is 5.92 Å². The van der Waals surface area contributed by atoms with Crippen LogP contribution >= 0.6 is 0 Å². The number of esters is 1. The Kier molecular flexibility index (Phi) is 6.55. The minimum absolute atomic E-state index is 0.0833. The van der Waals surface area contributed by atoms with Gasteiger partial charge in [0, 0.05) is 5.70 Å². The predicted octanol–water partition coefficient (Wildman–Crippen LogP) is 2.54. The molecule has 1 aliphatic rings. The number of benzene rings is 1. The highest BCUT2D eigenvalue weighted by atomic mass is 16.5. The number of allylic oxidation sites excluding steroid dienone is 1. The number of nitrogens with one attached hydrogen (secondary N) is 2. The lowest BCUT2D eigenvalue weighted by Crippen LogP contribution is -2.47. The first-order chi connectivity index (χ1) is 12.9. The minimum Gasteiger partial charge on any atom is -0.493 e. The van der Waals surface area contributed by atoms with Gasteiger partial charge in [-0.2, -0.15) is 0 Å². The summed E-state index contributed by atoms with van der Waals surface area (Å²) in [6.07, 6.45) is 0. The van der Waals surface area contributed by atoms with Crippen LogP contribution in [0.1, 0.15) is 32.4 Å². The molecule has 1 heterocycles. The first kappa shape index (κ1) is 20.4. The van der Waals surface area contributed by atoms with E-state index in [1.54, 1.807) is 19.1 Å². The number of hydrogen-bond donors (Lipinski definition) is 2. The molecule has 148 valence electrons. The fraction of sp³-hybridized carbons (Fsp3) is 0.474. The molecule has 2 amide bonds. The SMILES string of the molecule is CCOC(=O)C1=C(C(C)C)NC(=O)NC1c1cc(OC)c(OC)c(OC)c1. The summed E-state index contributed by atoms with van der Waals surface area (Å²) in [6.45, 7) is 5.75. The standard InChI is InChI=1S/C19H26N2O6/c1-7-27-18(22)14-15(10(2)3)20-19(23)21-16(14)11-8-12(24-4)17(26-6)13(9-11)25-5/h8-10,16H,7H2,1-6H3,(H2,20,21,23). The largest absolute Gasteiger partial charge is 0.493 e. The molecule has 0 bridgehead atoms. The van der Waals surface area contributed by atoms with Crippen LogP contribution in [0.2, 0.25) is 0 Å². The molecule has 1 atom stereocenters. The third-order valence-corrected chi connectivity index (χ3v) is 4.20. The van der Waals surface area contributed by atoms with Gasteiger partial charge in [0.15, 0.2) is 11.5 Å². The Balaban J connectivity index is 2.67. The molecular formula is C19H26N2O6. The topological polar surface area (TPSA) is 95.1 Å². The van der Waals surface area contributed by atoms with E-state index in [1.807, 2.05) is 13.8 Å². The summed E-state index contributed by atoms with van der Waals surface area (Å²) >= 11 is 0. The van der Waals surface area contributed by atoms with Gasteiger partial charge in [0.2, 0.25) is 5.75 Å². The van der Waals surface area contributed by atoms with E-state index < -0.39 is 18.0 Å². The molecule has 0 saturated heterocycles. The number of urea groups is 1. The molecule has 1 aromatic rings. The number of carbonyl (C=O) groups is 2. The summed E-state index contributed by atoms with van der Waals surface area (Å²) in [4.78, 5) is 24.9. The molecule has 0 fully saturated rings.